The number of fused-ring (bicyclic) bond motifs is 6. The first-order valence-corrected chi connectivity index (χ1v) is 22.3. The maximum absolute atomic E-state index is 2.53. The van der Waals surface area contributed by atoms with E-state index in [1.54, 1.807) is 0 Å². The standard InChI is InChI=1S/C60H63N/c1-56(2,3)41-25-28-48-50-30-27-45(37-54(50)60(12,13)52(48)35-41)61(44-26-29-49-47-22-14-16-23-51(47)59(10,11)53(49)36-44)55-24-17-15-21-46(55)39-20-18-19-38(31-39)40-32-42(57(4,5)6)34-43(33-40)58(7,8)9/h14-37H,1-13H3. The van der Waals surface area contributed by atoms with Gasteiger partial charge in [-0.15, -0.1) is 0 Å². The number of para-hydroxylation sites is 1. The normalized spacial score (nSPS) is 14.9. The molecule has 61 heavy (non-hydrogen) atoms. The molecule has 1 nitrogen and oxygen atoms in total. The molecule has 2 aliphatic rings. The lowest BCUT2D eigenvalue weighted by Gasteiger charge is -2.31. The highest BCUT2D eigenvalue weighted by atomic mass is 15.1. The molecule has 0 fully saturated rings. The van der Waals surface area contributed by atoms with Crippen LogP contribution >= 0.6 is 0 Å². The molecule has 2 aliphatic carbocycles. The number of anilines is 3. The Bertz CT molecular complexity index is 2830. The summed E-state index contributed by atoms with van der Waals surface area (Å²) < 4.78 is 0. The zero-order valence-corrected chi connectivity index (χ0v) is 38.8. The number of benzene rings is 7. The van der Waals surface area contributed by atoms with Gasteiger partial charge in [-0.05, 0) is 131 Å². The second-order valence-electron chi connectivity index (χ2n) is 22.0. The van der Waals surface area contributed by atoms with E-state index in [1.165, 1.54) is 94.8 Å². The van der Waals surface area contributed by atoms with Crippen LogP contribution in [0, 0.1) is 0 Å². The first-order chi connectivity index (χ1) is 28.6. The van der Waals surface area contributed by atoms with Gasteiger partial charge >= 0.3 is 0 Å². The smallest absolute Gasteiger partial charge is 0.0540 e. The summed E-state index contributed by atoms with van der Waals surface area (Å²) >= 11 is 0. The maximum atomic E-state index is 2.53. The highest BCUT2D eigenvalue weighted by molar-refractivity contribution is 5.93. The Morgan fingerprint density at radius 2 is 0.787 bits per heavy atom. The third-order valence-corrected chi connectivity index (χ3v) is 13.9. The van der Waals surface area contributed by atoms with Crippen molar-refractivity contribution in [1.82, 2.24) is 0 Å². The van der Waals surface area contributed by atoms with Gasteiger partial charge in [0.25, 0.3) is 0 Å². The summed E-state index contributed by atoms with van der Waals surface area (Å²) in [6.45, 7) is 30.4. The SMILES string of the molecule is CC(C)(C)c1cc(-c2cccc(-c3ccccc3N(c3ccc4c(c3)C(C)(C)c3ccccc3-4)c3ccc4c(c3)C(C)(C)c3cc(C(C)(C)C)ccc3-4)c2)cc(C(C)(C)C)c1. The molecule has 0 unspecified atom stereocenters. The number of rotatable bonds is 5. The second kappa shape index (κ2) is 13.9. The van der Waals surface area contributed by atoms with Crippen LogP contribution in [0.3, 0.4) is 0 Å². The molecule has 0 amide bonds. The molecular weight excluding hydrogens is 735 g/mol. The Kier molecular flexibility index (Phi) is 9.30. The van der Waals surface area contributed by atoms with Crippen LogP contribution in [0.15, 0.2) is 146 Å². The van der Waals surface area contributed by atoms with Crippen molar-refractivity contribution in [3.8, 4) is 44.5 Å². The predicted octanol–water partition coefficient (Wildman–Crippen LogP) is 17.0. The largest absolute Gasteiger partial charge is 0.310 e. The van der Waals surface area contributed by atoms with Crippen LogP contribution in [0.5, 0.6) is 0 Å². The van der Waals surface area contributed by atoms with E-state index in [4.69, 9.17) is 0 Å². The number of nitrogens with zero attached hydrogens (tertiary/aromatic N) is 1. The zero-order chi connectivity index (χ0) is 43.4. The van der Waals surface area contributed by atoms with E-state index in [1.807, 2.05) is 0 Å². The van der Waals surface area contributed by atoms with Crippen LogP contribution in [-0.4, -0.2) is 0 Å². The van der Waals surface area contributed by atoms with Crippen molar-refractivity contribution in [1.29, 1.82) is 0 Å². The fourth-order valence-electron chi connectivity index (χ4n) is 10.0. The van der Waals surface area contributed by atoms with E-state index >= 15 is 0 Å². The third kappa shape index (κ3) is 6.86. The van der Waals surface area contributed by atoms with Gasteiger partial charge in [0.15, 0.2) is 0 Å². The zero-order valence-electron chi connectivity index (χ0n) is 38.8. The van der Waals surface area contributed by atoms with Crippen LogP contribution in [-0.2, 0) is 27.1 Å². The van der Waals surface area contributed by atoms with Gasteiger partial charge in [0.1, 0.15) is 0 Å². The summed E-state index contributed by atoms with van der Waals surface area (Å²) in [7, 11) is 0. The fraction of sp³-hybridized carbons (Fsp3) is 0.300. The third-order valence-electron chi connectivity index (χ3n) is 13.9. The van der Waals surface area contributed by atoms with E-state index < -0.39 is 0 Å². The van der Waals surface area contributed by atoms with Crippen LogP contribution < -0.4 is 4.90 Å². The van der Waals surface area contributed by atoms with Crippen molar-refractivity contribution < 1.29 is 0 Å². The Morgan fingerprint density at radius 3 is 1.36 bits per heavy atom. The first kappa shape index (κ1) is 40.7. The van der Waals surface area contributed by atoms with Crippen molar-refractivity contribution >= 4 is 17.1 Å². The molecule has 0 saturated carbocycles. The molecule has 9 rings (SSSR count). The van der Waals surface area contributed by atoms with Gasteiger partial charge in [0.2, 0.25) is 0 Å². The average molecular weight is 798 g/mol. The summed E-state index contributed by atoms with van der Waals surface area (Å²) in [6, 6.07) is 56.0. The van der Waals surface area contributed by atoms with Crippen molar-refractivity contribution in [3.63, 3.8) is 0 Å². The van der Waals surface area contributed by atoms with Gasteiger partial charge in [-0.3, -0.25) is 0 Å². The maximum Gasteiger partial charge on any atom is 0.0540 e. The van der Waals surface area contributed by atoms with Gasteiger partial charge in [-0.1, -0.05) is 199 Å². The quantitative estimate of drug-likeness (QED) is 0.168. The fourth-order valence-corrected chi connectivity index (χ4v) is 10.0. The molecule has 0 radical (unpaired) electrons. The Hall–Kier alpha value is -5.66. The molecule has 0 aromatic heterocycles. The van der Waals surface area contributed by atoms with Crippen molar-refractivity contribution in [2.45, 2.75) is 117 Å². The van der Waals surface area contributed by atoms with E-state index in [0.717, 1.165) is 5.69 Å². The molecule has 7 aromatic carbocycles. The molecule has 0 heterocycles. The van der Waals surface area contributed by atoms with Crippen LogP contribution in [0.4, 0.5) is 17.1 Å². The lowest BCUT2D eigenvalue weighted by molar-refractivity contribution is 0.569. The summed E-state index contributed by atoms with van der Waals surface area (Å²) in [5.41, 5.74) is 23.3. The minimum absolute atomic E-state index is 0.0349. The number of hydrogen-bond donors (Lipinski definition) is 0. The van der Waals surface area contributed by atoms with E-state index in [0.29, 0.717) is 0 Å². The van der Waals surface area contributed by atoms with Gasteiger partial charge in [0.05, 0.1) is 5.69 Å². The summed E-state index contributed by atoms with van der Waals surface area (Å²) in [5, 5.41) is 0. The molecule has 0 spiro atoms. The monoisotopic (exact) mass is 797 g/mol. The molecule has 0 aliphatic heterocycles. The second-order valence-corrected chi connectivity index (χ2v) is 22.0. The summed E-state index contributed by atoms with van der Waals surface area (Å²) in [4.78, 5) is 2.53. The highest BCUT2D eigenvalue weighted by Crippen LogP contribution is 2.54. The van der Waals surface area contributed by atoms with Crippen molar-refractivity contribution in [2.24, 2.45) is 0 Å². The molecule has 0 atom stereocenters. The molecule has 0 N–H and O–H groups in total. The number of hydrogen-bond acceptors (Lipinski definition) is 1. The van der Waals surface area contributed by atoms with Gasteiger partial charge in [-0.2, -0.15) is 0 Å². The molecular formula is C60H63N. The topological polar surface area (TPSA) is 3.24 Å². The van der Waals surface area contributed by atoms with Crippen LogP contribution in [0.25, 0.3) is 44.5 Å². The minimum atomic E-state index is -0.156. The molecule has 0 saturated heterocycles. The average Bonchev–Trinajstić information content (AvgIpc) is 3.58. The van der Waals surface area contributed by atoms with Gasteiger partial charge in [0, 0.05) is 27.8 Å². The van der Waals surface area contributed by atoms with Crippen molar-refractivity contribution in [2.75, 3.05) is 4.90 Å². The summed E-state index contributed by atoms with van der Waals surface area (Å²) in [5.74, 6) is 0. The van der Waals surface area contributed by atoms with E-state index in [2.05, 4.69) is 241 Å². The Morgan fingerprint density at radius 1 is 0.328 bits per heavy atom. The molecule has 0 bridgehead atoms. The molecule has 1 heteroatoms. The van der Waals surface area contributed by atoms with Gasteiger partial charge in [-0.25, -0.2) is 0 Å². The van der Waals surface area contributed by atoms with E-state index in [9.17, 15) is 0 Å². The highest BCUT2D eigenvalue weighted by Gasteiger charge is 2.38. The predicted molar refractivity (Wildman–Crippen MR) is 263 cm³/mol. The minimum Gasteiger partial charge on any atom is -0.310 e. The van der Waals surface area contributed by atoms with Gasteiger partial charge < -0.3 is 4.90 Å². The molecule has 7 aromatic rings. The summed E-state index contributed by atoms with van der Waals surface area (Å²) in [6.07, 6.45) is 0. The lowest BCUT2D eigenvalue weighted by atomic mass is 9.78. The molecule has 308 valence electrons. The van der Waals surface area contributed by atoms with Crippen LogP contribution in [0.1, 0.15) is 129 Å². The first-order valence-electron chi connectivity index (χ1n) is 22.3. The Balaban J connectivity index is 1.23. The van der Waals surface area contributed by atoms with E-state index in [-0.39, 0.29) is 27.1 Å². The Labute approximate surface area is 366 Å². The van der Waals surface area contributed by atoms with Crippen LogP contribution in [0.2, 0.25) is 0 Å². The lowest BCUT2D eigenvalue weighted by Crippen LogP contribution is -2.19. The van der Waals surface area contributed by atoms with Crippen molar-refractivity contribution in [3.05, 3.63) is 185 Å².